The van der Waals surface area contributed by atoms with Gasteiger partial charge in [0.05, 0.1) is 6.42 Å². The van der Waals surface area contributed by atoms with Crippen LogP contribution < -0.4 is 5.32 Å². The average molecular weight is 316 g/mol. The van der Waals surface area contributed by atoms with E-state index in [-0.39, 0.29) is 0 Å². The van der Waals surface area contributed by atoms with Crippen molar-refractivity contribution in [3.8, 4) is 0 Å². The molecule has 1 rings (SSSR count). The van der Waals surface area contributed by atoms with Crippen molar-refractivity contribution in [2.45, 2.75) is 25.9 Å². The van der Waals surface area contributed by atoms with Crippen molar-refractivity contribution in [2.75, 3.05) is 0 Å². The third-order valence-corrected chi connectivity index (χ3v) is 3.45. The summed E-state index contributed by atoms with van der Waals surface area (Å²) in [7, 11) is 0. The van der Waals surface area contributed by atoms with E-state index >= 15 is 0 Å². The highest BCUT2D eigenvalue weighted by atomic mass is 79.9. The quantitative estimate of drug-likeness (QED) is 0.745. The van der Waals surface area contributed by atoms with E-state index in [0.717, 1.165) is 15.6 Å². The molecule has 6 heteroatoms. The molecule has 98 valence electrons. The van der Waals surface area contributed by atoms with Crippen LogP contribution in [0, 0.1) is 6.92 Å². The topological polar surface area (TPSA) is 86.6 Å². The van der Waals surface area contributed by atoms with E-state index in [1.807, 2.05) is 25.1 Å². The van der Waals surface area contributed by atoms with Gasteiger partial charge >= 0.3 is 11.9 Å². The fraction of sp³-hybridized carbons (Fsp3) is 0.333. The lowest BCUT2D eigenvalue weighted by atomic mass is 10.1. The Kier molecular flexibility index (Phi) is 5.30. The maximum atomic E-state index is 10.9. The summed E-state index contributed by atoms with van der Waals surface area (Å²) in [5, 5.41) is 20.2. The minimum absolute atomic E-state index is 0.315. The molecule has 0 saturated heterocycles. The lowest BCUT2D eigenvalue weighted by Gasteiger charge is -2.14. The minimum atomic E-state index is -1.16. The summed E-state index contributed by atoms with van der Waals surface area (Å²) < 4.78 is 0.937. The monoisotopic (exact) mass is 315 g/mol. The van der Waals surface area contributed by atoms with Gasteiger partial charge in [0.2, 0.25) is 0 Å². The summed E-state index contributed by atoms with van der Waals surface area (Å²) in [6.07, 6.45) is -0.442. The highest BCUT2D eigenvalue weighted by Gasteiger charge is 2.20. The van der Waals surface area contributed by atoms with Gasteiger partial charge in [0.15, 0.2) is 0 Å². The zero-order chi connectivity index (χ0) is 13.7. The van der Waals surface area contributed by atoms with Crippen LogP contribution in [0.3, 0.4) is 0 Å². The Morgan fingerprint density at radius 1 is 1.39 bits per heavy atom. The molecule has 1 aromatic rings. The highest BCUT2D eigenvalue weighted by molar-refractivity contribution is 9.10. The molecule has 0 aliphatic carbocycles. The molecule has 0 fully saturated rings. The number of hydrogen-bond acceptors (Lipinski definition) is 3. The van der Waals surface area contributed by atoms with Crippen molar-refractivity contribution < 1.29 is 19.8 Å². The summed E-state index contributed by atoms with van der Waals surface area (Å²) in [5.74, 6) is -2.30. The second-order valence-electron chi connectivity index (χ2n) is 3.89. The van der Waals surface area contributed by atoms with Gasteiger partial charge in [0.25, 0.3) is 0 Å². The van der Waals surface area contributed by atoms with E-state index in [0.29, 0.717) is 6.54 Å². The van der Waals surface area contributed by atoms with Gasteiger partial charge in [-0.15, -0.1) is 0 Å². The molecule has 18 heavy (non-hydrogen) atoms. The first-order valence-electron chi connectivity index (χ1n) is 5.33. The zero-order valence-electron chi connectivity index (χ0n) is 9.81. The van der Waals surface area contributed by atoms with Gasteiger partial charge in [-0.25, -0.2) is 0 Å². The molecule has 0 bridgehead atoms. The van der Waals surface area contributed by atoms with Crippen LogP contribution in [-0.2, 0) is 16.1 Å². The van der Waals surface area contributed by atoms with E-state index in [4.69, 9.17) is 10.2 Å². The van der Waals surface area contributed by atoms with E-state index in [1.54, 1.807) is 0 Å². The van der Waals surface area contributed by atoms with Crippen LogP contribution in [0.4, 0.5) is 0 Å². The largest absolute Gasteiger partial charge is 0.481 e. The average Bonchev–Trinajstić information content (AvgIpc) is 2.28. The van der Waals surface area contributed by atoms with Crippen LogP contribution >= 0.6 is 15.9 Å². The summed E-state index contributed by atoms with van der Waals surface area (Å²) in [6.45, 7) is 2.23. The molecular weight excluding hydrogens is 302 g/mol. The molecule has 0 aliphatic heterocycles. The Labute approximate surface area is 113 Å². The van der Waals surface area contributed by atoms with Crippen molar-refractivity contribution in [2.24, 2.45) is 0 Å². The maximum Gasteiger partial charge on any atom is 0.321 e. The third-order valence-electron chi connectivity index (χ3n) is 2.60. The fourth-order valence-corrected chi connectivity index (χ4v) is 1.91. The van der Waals surface area contributed by atoms with Crippen LogP contribution in [0.5, 0.6) is 0 Å². The van der Waals surface area contributed by atoms with Gasteiger partial charge in [0.1, 0.15) is 6.04 Å². The van der Waals surface area contributed by atoms with Crippen LogP contribution in [-0.4, -0.2) is 28.2 Å². The predicted octanol–water partition coefficient (Wildman–Crippen LogP) is 1.78. The molecule has 0 radical (unpaired) electrons. The van der Waals surface area contributed by atoms with Crippen LogP contribution in [0.1, 0.15) is 17.5 Å². The molecule has 0 spiro atoms. The van der Waals surface area contributed by atoms with Gasteiger partial charge in [-0.1, -0.05) is 28.1 Å². The Morgan fingerprint density at radius 3 is 2.61 bits per heavy atom. The van der Waals surface area contributed by atoms with Crippen molar-refractivity contribution in [1.82, 2.24) is 5.32 Å². The van der Waals surface area contributed by atoms with Gasteiger partial charge in [-0.05, 0) is 24.1 Å². The van der Waals surface area contributed by atoms with Crippen molar-refractivity contribution in [3.63, 3.8) is 0 Å². The summed E-state index contributed by atoms with van der Waals surface area (Å²) in [6, 6.07) is 4.53. The Hall–Kier alpha value is -1.40. The molecule has 0 saturated carbocycles. The van der Waals surface area contributed by atoms with Gasteiger partial charge < -0.3 is 10.2 Å². The second-order valence-corrected chi connectivity index (χ2v) is 4.75. The SMILES string of the molecule is Cc1c(Br)cccc1CN[C@H](CC(=O)O)C(=O)O. The standard InChI is InChI=1S/C12H14BrNO4/c1-7-8(3-2-4-9(7)13)6-14-10(12(17)18)5-11(15)16/h2-4,10,14H,5-6H2,1H3,(H,15,16)(H,17,18)/t10-/m1/s1. The first kappa shape index (κ1) is 14.7. The lowest BCUT2D eigenvalue weighted by molar-refractivity contribution is -0.146. The summed E-state index contributed by atoms with van der Waals surface area (Å²) >= 11 is 3.38. The zero-order valence-corrected chi connectivity index (χ0v) is 11.4. The lowest BCUT2D eigenvalue weighted by Crippen LogP contribution is -2.38. The third kappa shape index (κ3) is 4.12. The normalized spacial score (nSPS) is 12.1. The fourth-order valence-electron chi connectivity index (χ4n) is 1.50. The van der Waals surface area contributed by atoms with Crippen molar-refractivity contribution >= 4 is 27.9 Å². The molecule has 0 unspecified atom stereocenters. The number of rotatable bonds is 6. The number of benzene rings is 1. The van der Waals surface area contributed by atoms with E-state index < -0.39 is 24.4 Å². The number of carboxylic acids is 2. The molecule has 0 amide bonds. The number of aliphatic carboxylic acids is 2. The second kappa shape index (κ2) is 6.51. The first-order valence-corrected chi connectivity index (χ1v) is 6.13. The predicted molar refractivity (Wildman–Crippen MR) is 69.4 cm³/mol. The minimum Gasteiger partial charge on any atom is -0.481 e. The van der Waals surface area contributed by atoms with E-state index in [9.17, 15) is 9.59 Å². The molecule has 0 aromatic heterocycles. The van der Waals surface area contributed by atoms with Crippen LogP contribution in [0.15, 0.2) is 22.7 Å². The molecular formula is C12H14BrNO4. The van der Waals surface area contributed by atoms with Gasteiger partial charge in [-0.2, -0.15) is 0 Å². The smallest absolute Gasteiger partial charge is 0.321 e. The maximum absolute atomic E-state index is 10.9. The number of carbonyl (C=O) groups is 2. The summed E-state index contributed by atoms with van der Waals surface area (Å²) in [5.41, 5.74) is 1.94. The van der Waals surface area contributed by atoms with Gasteiger partial charge in [-0.3, -0.25) is 14.9 Å². The highest BCUT2D eigenvalue weighted by Crippen LogP contribution is 2.19. The molecule has 0 aliphatic rings. The van der Waals surface area contributed by atoms with E-state index in [1.165, 1.54) is 0 Å². The summed E-state index contributed by atoms with van der Waals surface area (Å²) in [4.78, 5) is 21.4. The van der Waals surface area contributed by atoms with Crippen LogP contribution in [0.2, 0.25) is 0 Å². The Balaban J connectivity index is 2.70. The molecule has 3 N–H and O–H groups in total. The number of hydrogen-bond donors (Lipinski definition) is 3. The van der Waals surface area contributed by atoms with Gasteiger partial charge in [0, 0.05) is 11.0 Å². The van der Waals surface area contributed by atoms with E-state index in [2.05, 4.69) is 21.2 Å². The number of halogens is 1. The Bertz CT molecular complexity index is 461. The molecule has 1 atom stereocenters. The molecule has 0 heterocycles. The number of carboxylic acid groups (broad SMARTS) is 2. The molecule has 1 aromatic carbocycles. The molecule has 5 nitrogen and oxygen atoms in total. The van der Waals surface area contributed by atoms with Crippen molar-refractivity contribution in [1.29, 1.82) is 0 Å². The first-order chi connectivity index (χ1) is 8.41. The van der Waals surface area contributed by atoms with Crippen molar-refractivity contribution in [3.05, 3.63) is 33.8 Å². The Morgan fingerprint density at radius 2 is 2.06 bits per heavy atom. The van der Waals surface area contributed by atoms with Crippen LogP contribution in [0.25, 0.3) is 0 Å². The number of nitrogens with one attached hydrogen (secondary N) is 1.